The van der Waals surface area contributed by atoms with Crippen LogP contribution in [-0.4, -0.2) is 36.7 Å². The molecule has 0 aliphatic rings. The number of amides is 1. The quantitative estimate of drug-likeness (QED) is 0.502. The molecule has 3 N–H and O–H groups in total. The van der Waals surface area contributed by atoms with E-state index in [1.165, 1.54) is 0 Å². The smallest absolute Gasteiger partial charge is 0.273 e. The maximum absolute atomic E-state index is 12.7. The topological polar surface area (TPSA) is 112 Å². The van der Waals surface area contributed by atoms with Gasteiger partial charge >= 0.3 is 0 Å². The fraction of sp³-hybridized carbons (Fsp3) is 0.0556. The van der Waals surface area contributed by atoms with Crippen LogP contribution in [0.5, 0.6) is 0 Å². The minimum absolute atomic E-state index is 0.287. The van der Waals surface area contributed by atoms with Gasteiger partial charge in [0.15, 0.2) is 0 Å². The van der Waals surface area contributed by atoms with E-state index in [0.29, 0.717) is 27.9 Å². The largest absolute Gasteiger partial charge is 0.321 e. The Morgan fingerprint density at radius 3 is 2.63 bits per heavy atom. The maximum atomic E-state index is 12.7. The molecule has 27 heavy (non-hydrogen) atoms. The Balaban J connectivity index is 1.57. The van der Waals surface area contributed by atoms with Gasteiger partial charge in [0.2, 0.25) is 5.82 Å². The molecular formula is C18H14ClN7O. The van der Waals surface area contributed by atoms with Gasteiger partial charge < -0.3 is 5.32 Å². The lowest BCUT2D eigenvalue weighted by Crippen LogP contribution is -2.13. The molecule has 0 saturated carbocycles. The lowest BCUT2D eigenvalue weighted by Gasteiger charge is -2.06. The summed E-state index contributed by atoms with van der Waals surface area (Å²) in [4.78, 5) is 12.7. The molecule has 2 heterocycles. The predicted molar refractivity (Wildman–Crippen MR) is 101 cm³/mol. The Kier molecular flexibility index (Phi) is 4.39. The van der Waals surface area contributed by atoms with Crippen molar-refractivity contribution in [3.8, 4) is 22.6 Å². The zero-order chi connectivity index (χ0) is 18.8. The third-order valence-corrected chi connectivity index (χ3v) is 4.33. The molecular weight excluding hydrogens is 366 g/mol. The molecule has 134 valence electrons. The fourth-order valence-electron chi connectivity index (χ4n) is 2.72. The van der Waals surface area contributed by atoms with Gasteiger partial charge in [0.25, 0.3) is 5.91 Å². The molecule has 0 unspecified atom stereocenters. The standard InChI is InChI=1S/C18H14ClN7O/c1-10-15(11-5-7-13(19)8-6-11)21-22-16(10)18(27)20-14-4-2-3-12(9-14)17-23-25-26-24-17/h2-9H,1H3,(H,20,27)(H,21,22)(H,23,24,25,26). The number of hydrogen-bond acceptors (Lipinski definition) is 5. The summed E-state index contributed by atoms with van der Waals surface area (Å²) in [6.45, 7) is 1.85. The van der Waals surface area contributed by atoms with Crippen molar-refractivity contribution in [1.29, 1.82) is 0 Å². The van der Waals surface area contributed by atoms with Crippen molar-refractivity contribution in [2.45, 2.75) is 6.92 Å². The summed E-state index contributed by atoms with van der Waals surface area (Å²) in [6.07, 6.45) is 0. The first-order valence-electron chi connectivity index (χ1n) is 8.08. The second kappa shape index (κ2) is 7.00. The molecule has 0 saturated heterocycles. The summed E-state index contributed by atoms with van der Waals surface area (Å²) in [6, 6.07) is 14.5. The number of carbonyl (C=O) groups excluding carboxylic acids is 1. The van der Waals surface area contributed by atoms with Crippen LogP contribution in [0.1, 0.15) is 16.1 Å². The number of aromatic nitrogens is 6. The summed E-state index contributed by atoms with van der Waals surface area (Å²) < 4.78 is 0. The molecule has 0 bridgehead atoms. The van der Waals surface area contributed by atoms with Gasteiger partial charge in [-0.25, -0.2) is 0 Å². The van der Waals surface area contributed by atoms with Gasteiger partial charge in [-0.05, 0) is 36.4 Å². The highest BCUT2D eigenvalue weighted by Gasteiger charge is 2.17. The number of nitrogens with one attached hydrogen (secondary N) is 3. The van der Waals surface area contributed by atoms with Gasteiger partial charge in [0.05, 0.1) is 5.69 Å². The van der Waals surface area contributed by atoms with Gasteiger partial charge in [0.1, 0.15) is 5.69 Å². The van der Waals surface area contributed by atoms with E-state index < -0.39 is 0 Å². The number of tetrazole rings is 1. The van der Waals surface area contributed by atoms with Crippen LogP contribution in [0.3, 0.4) is 0 Å². The molecule has 0 radical (unpaired) electrons. The Morgan fingerprint density at radius 2 is 1.89 bits per heavy atom. The van der Waals surface area contributed by atoms with Crippen LogP contribution in [0, 0.1) is 6.92 Å². The SMILES string of the molecule is Cc1c(-c2ccc(Cl)cc2)n[nH]c1C(=O)Nc1cccc(-c2nn[nH]n2)c1. The molecule has 2 aromatic carbocycles. The highest BCUT2D eigenvalue weighted by molar-refractivity contribution is 6.30. The van der Waals surface area contributed by atoms with Crippen LogP contribution in [0.25, 0.3) is 22.6 Å². The van der Waals surface area contributed by atoms with Crippen molar-refractivity contribution in [3.63, 3.8) is 0 Å². The normalized spacial score (nSPS) is 10.7. The minimum Gasteiger partial charge on any atom is -0.321 e. The van der Waals surface area contributed by atoms with Crippen molar-refractivity contribution in [2.24, 2.45) is 0 Å². The summed E-state index contributed by atoms with van der Waals surface area (Å²) >= 11 is 5.93. The Labute approximate surface area is 159 Å². The van der Waals surface area contributed by atoms with E-state index in [4.69, 9.17) is 11.6 Å². The molecule has 2 aromatic heterocycles. The van der Waals surface area contributed by atoms with Crippen LogP contribution in [-0.2, 0) is 0 Å². The van der Waals surface area contributed by atoms with Crippen LogP contribution in [0.15, 0.2) is 48.5 Å². The molecule has 0 atom stereocenters. The van der Waals surface area contributed by atoms with Crippen LogP contribution >= 0.6 is 11.6 Å². The number of carbonyl (C=O) groups is 1. The van der Waals surface area contributed by atoms with Gasteiger partial charge in [-0.3, -0.25) is 9.89 Å². The molecule has 0 fully saturated rings. The van der Waals surface area contributed by atoms with E-state index in [9.17, 15) is 4.79 Å². The first kappa shape index (κ1) is 16.9. The zero-order valence-electron chi connectivity index (χ0n) is 14.2. The number of H-pyrrole nitrogens is 2. The first-order valence-corrected chi connectivity index (χ1v) is 8.46. The van der Waals surface area contributed by atoms with Crippen molar-refractivity contribution < 1.29 is 4.79 Å². The number of aromatic amines is 2. The second-order valence-corrected chi connectivity index (χ2v) is 6.29. The van der Waals surface area contributed by atoms with Crippen molar-refractivity contribution in [2.75, 3.05) is 5.32 Å². The molecule has 1 amide bonds. The summed E-state index contributed by atoms with van der Waals surface area (Å²) in [5.74, 6) is 0.166. The lowest BCUT2D eigenvalue weighted by atomic mass is 10.1. The summed E-state index contributed by atoms with van der Waals surface area (Å²) in [7, 11) is 0. The van der Waals surface area contributed by atoms with Gasteiger partial charge in [0, 0.05) is 27.4 Å². The zero-order valence-corrected chi connectivity index (χ0v) is 14.9. The van der Waals surface area contributed by atoms with Crippen LogP contribution < -0.4 is 5.32 Å². The number of anilines is 1. The summed E-state index contributed by atoms with van der Waals surface area (Å²) in [5, 5.41) is 24.4. The monoisotopic (exact) mass is 379 g/mol. The minimum atomic E-state index is -0.287. The van der Waals surface area contributed by atoms with Crippen molar-refractivity contribution in [1.82, 2.24) is 30.8 Å². The van der Waals surface area contributed by atoms with Gasteiger partial charge in [-0.2, -0.15) is 10.3 Å². The molecule has 4 aromatic rings. The average Bonchev–Trinajstić information content (AvgIpc) is 3.33. The van der Waals surface area contributed by atoms with E-state index in [1.807, 2.05) is 25.1 Å². The first-order chi connectivity index (χ1) is 13.1. The van der Waals surface area contributed by atoms with E-state index in [1.54, 1.807) is 30.3 Å². The maximum Gasteiger partial charge on any atom is 0.273 e. The number of hydrogen-bond donors (Lipinski definition) is 3. The fourth-order valence-corrected chi connectivity index (χ4v) is 2.85. The Bertz CT molecular complexity index is 1090. The molecule has 0 spiro atoms. The third kappa shape index (κ3) is 3.42. The van der Waals surface area contributed by atoms with Crippen LogP contribution in [0.2, 0.25) is 5.02 Å². The summed E-state index contributed by atoms with van der Waals surface area (Å²) in [5.41, 5.74) is 4.09. The van der Waals surface area contributed by atoms with Crippen molar-refractivity contribution >= 4 is 23.2 Å². The molecule has 0 aliphatic heterocycles. The average molecular weight is 380 g/mol. The predicted octanol–water partition coefficient (Wildman–Crippen LogP) is 3.47. The molecule has 0 aliphatic carbocycles. The molecule has 8 nitrogen and oxygen atoms in total. The van der Waals surface area contributed by atoms with E-state index in [-0.39, 0.29) is 5.91 Å². The highest BCUT2D eigenvalue weighted by atomic mass is 35.5. The van der Waals surface area contributed by atoms with E-state index >= 15 is 0 Å². The second-order valence-electron chi connectivity index (χ2n) is 5.85. The number of nitrogens with zero attached hydrogens (tertiary/aromatic N) is 4. The Hall–Kier alpha value is -3.52. The van der Waals surface area contributed by atoms with Crippen LogP contribution in [0.4, 0.5) is 5.69 Å². The Morgan fingerprint density at radius 1 is 1.07 bits per heavy atom. The van der Waals surface area contributed by atoms with Crippen molar-refractivity contribution in [3.05, 3.63) is 64.8 Å². The van der Waals surface area contributed by atoms with E-state index in [2.05, 4.69) is 36.1 Å². The number of benzene rings is 2. The third-order valence-electron chi connectivity index (χ3n) is 4.08. The number of halogens is 1. The number of rotatable bonds is 4. The molecule has 9 heteroatoms. The van der Waals surface area contributed by atoms with Gasteiger partial charge in [-0.15, -0.1) is 10.2 Å². The molecule has 4 rings (SSSR count). The van der Waals surface area contributed by atoms with E-state index in [0.717, 1.165) is 16.7 Å². The lowest BCUT2D eigenvalue weighted by molar-refractivity contribution is 0.102. The van der Waals surface area contributed by atoms with Gasteiger partial charge in [-0.1, -0.05) is 35.9 Å². The highest BCUT2D eigenvalue weighted by Crippen LogP contribution is 2.25.